The van der Waals surface area contributed by atoms with Crippen LogP contribution in [-0.4, -0.2) is 11.0 Å². The van der Waals surface area contributed by atoms with Gasteiger partial charge in [0.2, 0.25) is 0 Å². The second kappa shape index (κ2) is 4.91. The van der Waals surface area contributed by atoms with E-state index in [-0.39, 0.29) is 0 Å². The summed E-state index contributed by atoms with van der Waals surface area (Å²) in [7, 11) is 0. The average molecular weight is 265 g/mol. The number of aromatic nitrogens is 1. The van der Waals surface area contributed by atoms with E-state index in [2.05, 4.69) is 45.5 Å². The molecule has 20 heavy (non-hydrogen) atoms. The highest BCUT2D eigenvalue weighted by Gasteiger charge is 2.23. The normalized spacial score (nSPS) is 17.3. The molecule has 0 amide bonds. The van der Waals surface area contributed by atoms with E-state index in [0.717, 1.165) is 25.7 Å². The minimum atomic E-state index is 0.742. The highest BCUT2D eigenvalue weighted by molar-refractivity contribution is 5.55. The summed E-state index contributed by atoms with van der Waals surface area (Å²) in [6.07, 6.45) is 6.57. The fraction of sp³-hybridized carbons (Fsp3) is 0.353. The summed E-state index contributed by atoms with van der Waals surface area (Å²) in [5.41, 5.74) is 5.52. The predicted molar refractivity (Wildman–Crippen MR) is 80.4 cm³/mol. The third-order valence-corrected chi connectivity index (χ3v) is 4.23. The maximum absolute atomic E-state index is 4.33. The Balaban J connectivity index is 1.56. The first-order valence-corrected chi connectivity index (χ1v) is 7.38. The Kier molecular flexibility index (Phi) is 2.92. The molecule has 1 aliphatic carbocycles. The first kappa shape index (κ1) is 11.9. The molecule has 3 heteroatoms. The Morgan fingerprint density at radius 2 is 1.85 bits per heavy atom. The van der Waals surface area contributed by atoms with E-state index >= 15 is 0 Å². The van der Waals surface area contributed by atoms with Gasteiger partial charge < -0.3 is 10.2 Å². The van der Waals surface area contributed by atoms with E-state index in [4.69, 9.17) is 0 Å². The summed E-state index contributed by atoms with van der Waals surface area (Å²) in [4.78, 5) is 6.76. The van der Waals surface area contributed by atoms with Crippen LogP contribution in [0.1, 0.15) is 29.5 Å². The van der Waals surface area contributed by atoms with Crippen LogP contribution in [0.5, 0.6) is 0 Å². The smallest absolute Gasteiger partial charge is 0.0604 e. The van der Waals surface area contributed by atoms with E-state index in [1.807, 2.05) is 12.4 Å². The lowest BCUT2D eigenvalue weighted by atomic mass is 10.1. The van der Waals surface area contributed by atoms with Crippen molar-refractivity contribution in [3.05, 3.63) is 59.4 Å². The quantitative estimate of drug-likeness (QED) is 0.921. The van der Waals surface area contributed by atoms with Gasteiger partial charge in [0.1, 0.15) is 0 Å². The molecule has 3 nitrogen and oxygen atoms in total. The van der Waals surface area contributed by atoms with Gasteiger partial charge in [0.15, 0.2) is 0 Å². The number of rotatable bonds is 4. The Hall–Kier alpha value is -1.87. The van der Waals surface area contributed by atoms with Crippen LogP contribution in [0, 0.1) is 0 Å². The number of hydrogen-bond donors (Lipinski definition) is 1. The number of hydrogen-bond acceptors (Lipinski definition) is 3. The third kappa shape index (κ3) is 2.29. The summed E-state index contributed by atoms with van der Waals surface area (Å²) < 4.78 is 0. The van der Waals surface area contributed by atoms with Gasteiger partial charge >= 0.3 is 0 Å². The molecule has 1 aromatic carbocycles. The highest BCUT2D eigenvalue weighted by Crippen LogP contribution is 2.30. The monoisotopic (exact) mass is 265 g/mol. The summed E-state index contributed by atoms with van der Waals surface area (Å²) in [5.74, 6) is 0. The standard InChI is InChI=1S/C17H19N3/c1-2-4-15-12-20(11-14(15)3-1)17-10-18-8-7-13(17)9-19-16-5-6-16/h1-4,7-8,10,16,19H,5-6,9,11-12H2. The Morgan fingerprint density at radius 1 is 1.10 bits per heavy atom. The van der Waals surface area contributed by atoms with Crippen molar-refractivity contribution in [3.63, 3.8) is 0 Å². The molecular weight excluding hydrogens is 246 g/mol. The van der Waals surface area contributed by atoms with Crippen LogP contribution in [0.3, 0.4) is 0 Å². The Bertz CT molecular complexity index is 594. The minimum Gasteiger partial charge on any atom is -0.361 e. The fourth-order valence-corrected chi connectivity index (χ4v) is 2.89. The lowest BCUT2D eigenvalue weighted by Gasteiger charge is -2.21. The van der Waals surface area contributed by atoms with Gasteiger partial charge in [0.25, 0.3) is 0 Å². The van der Waals surface area contributed by atoms with Gasteiger partial charge in [0, 0.05) is 31.9 Å². The van der Waals surface area contributed by atoms with Crippen molar-refractivity contribution in [2.24, 2.45) is 0 Å². The number of fused-ring (bicyclic) bond motifs is 1. The molecule has 0 bridgehead atoms. The van der Waals surface area contributed by atoms with Crippen LogP contribution in [0.15, 0.2) is 42.7 Å². The second-order valence-corrected chi connectivity index (χ2v) is 5.78. The van der Waals surface area contributed by atoms with Crippen molar-refractivity contribution >= 4 is 5.69 Å². The molecule has 4 rings (SSSR count). The largest absolute Gasteiger partial charge is 0.361 e. The number of pyridine rings is 1. The number of nitrogens with zero attached hydrogens (tertiary/aromatic N) is 2. The maximum Gasteiger partial charge on any atom is 0.0604 e. The molecule has 1 aliphatic heterocycles. The van der Waals surface area contributed by atoms with E-state index in [1.165, 1.54) is 35.2 Å². The van der Waals surface area contributed by atoms with Crippen LogP contribution < -0.4 is 10.2 Å². The Labute approximate surface area is 119 Å². The zero-order valence-electron chi connectivity index (χ0n) is 11.5. The van der Waals surface area contributed by atoms with E-state index < -0.39 is 0 Å². The molecule has 0 unspecified atom stereocenters. The van der Waals surface area contributed by atoms with Gasteiger partial charge in [-0.15, -0.1) is 0 Å². The molecule has 2 aromatic rings. The van der Waals surface area contributed by atoms with Gasteiger partial charge in [0.05, 0.1) is 11.9 Å². The summed E-state index contributed by atoms with van der Waals surface area (Å²) >= 11 is 0. The molecule has 2 heterocycles. The minimum absolute atomic E-state index is 0.742. The number of nitrogens with one attached hydrogen (secondary N) is 1. The Morgan fingerprint density at radius 3 is 2.55 bits per heavy atom. The van der Waals surface area contributed by atoms with Crippen molar-refractivity contribution in [2.45, 2.75) is 38.5 Å². The SMILES string of the molecule is c1ccc2c(c1)CN(c1cnccc1CNC1CC1)C2. The van der Waals surface area contributed by atoms with Crippen molar-refractivity contribution in [1.82, 2.24) is 10.3 Å². The molecular formula is C17H19N3. The van der Waals surface area contributed by atoms with Crippen LogP contribution in [0.4, 0.5) is 5.69 Å². The highest BCUT2D eigenvalue weighted by atomic mass is 15.2. The zero-order valence-corrected chi connectivity index (χ0v) is 11.5. The van der Waals surface area contributed by atoms with Gasteiger partial charge in [-0.2, -0.15) is 0 Å². The van der Waals surface area contributed by atoms with E-state index in [9.17, 15) is 0 Å². The molecule has 0 atom stereocenters. The third-order valence-electron chi connectivity index (χ3n) is 4.23. The van der Waals surface area contributed by atoms with Crippen LogP contribution >= 0.6 is 0 Å². The topological polar surface area (TPSA) is 28.2 Å². The van der Waals surface area contributed by atoms with Crippen LogP contribution in [-0.2, 0) is 19.6 Å². The van der Waals surface area contributed by atoms with Crippen molar-refractivity contribution in [1.29, 1.82) is 0 Å². The molecule has 0 saturated heterocycles. The van der Waals surface area contributed by atoms with Crippen molar-refractivity contribution in [3.8, 4) is 0 Å². The number of benzene rings is 1. The van der Waals surface area contributed by atoms with Crippen molar-refractivity contribution in [2.75, 3.05) is 4.90 Å². The van der Waals surface area contributed by atoms with E-state index in [1.54, 1.807) is 0 Å². The lowest BCUT2D eigenvalue weighted by molar-refractivity contribution is 0.683. The average Bonchev–Trinajstić information content (AvgIpc) is 3.22. The lowest BCUT2D eigenvalue weighted by Crippen LogP contribution is -2.21. The molecule has 102 valence electrons. The first-order chi connectivity index (χ1) is 9.90. The zero-order chi connectivity index (χ0) is 13.4. The summed E-state index contributed by atoms with van der Waals surface area (Å²) in [5, 5.41) is 3.60. The summed E-state index contributed by atoms with van der Waals surface area (Å²) in [6.45, 7) is 2.95. The van der Waals surface area contributed by atoms with Gasteiger partial charge in [-0.3, -0.25) is 4.98 Å². The molecule has 0 spiro atoms. The summed E-state index contributed by atoms with van der Waals surface area (Å²) in [6, 6.07) is 11.6. The van der Waals surface area contributed by atoms with Crippen LogP contribution in [0.2, 0.25) is 0 Å². The van der Waals surface area contributed by atoms with E-state index in [0.29, 0.717) is 0 Å². The molecule has 1 saturated carbocycles. The van der Waals surface area contributed by atoms with Crippen LogP contribution in [0.25, 0.3) is 0 Å². The number of anilines is 1. The molecule has 0 radical (unpaired) electrons. The van der Waals surface area contributed by atoms with Crippen molar-refractivity contribution < 1.29 is 0 Å². The maximum atomic E-state index is 4.33. The first-order valence-electron chi connectivity index (χ1n) is 7.38. The predicted octanol–water partition coefficient (Wildman–Crippen LogP) is 2.85. The second-order valence-electron chi connectivity index (χ2n) is 5.78. The molecule has 1 N–H and O–H groups in total. The van der Waals surface area contributed by atoms with Gasteiger partial charge in [-0.25, -0.2) is 0 Å². The van der Waals surface area contributed by atoms with Gasteiger partial charge in [-0.05, 0) is 35.6 Å². The van der Waals surface area contributed by atoms with Gasteiger partial charge in [-0.1, -0.05) is 24.3 Å². The molecule has 1 aromatic heterocycles. The molecule has 1 fully saturated rings. The molecule has 2 aliphatic rings. The fourth-order valence-electron chi connectivity index (χ4n) is 2.89.